The summed E-state index contributed by atoms with van der Waals surface area (Å²) in [5.74, 6) is 0. The number of nitrogens with zero attached hydrogens (tertiary/aromatic N) is 2. The third kappa shape index (κ3) is 2.92. The Morgan fingerprint density at radius 2 is 2.05 bits per heavy atom. The van der Waals surface area contributed by atoms with Crippen molar-refractivity contribution in [2.75, 3.05) is 13.2 Å². The lowest BCUT2D eigenvalue weighted by Gasteiger charge is -2.42. The van der Waals surface area contributed by atoms with Gasteiger partial charge < -0.3 is 4.74 Å². The van der Waals surface area contributed by atoms with E-state index >= 15 is 0 Å². The van der Waals surface area contributed by atoms with Gasteiger partial charge in [-0.3, -0.25) is 0 Å². The summed E-state index contributed by atoms with van der Waals surface area (Å²) in [5, 5.41) is 0.249. The number of fused-ring (bicyclic) bond motifs is 1. The second-order valence-corrected chi connectivity index (χ2v) is 7.98. The second kappa shape index (κ2) is 6.01. The fraction of sp³-hybridized carbons (Fsp3) is 0.615. The molecule has 0 radical (unpaired) electrons. The van der Waals surface area contributed by atoms with Gasteiger partial charge >= 0.3 is 0 Å². The molecule has 1 aliphatic heterocycles. The molecule has 0 amide bonds. The molecule has 21 heavy (non-hydrogen) atoms. The average Bonchev–Trinajstić information content (AvgIpc) is 2.49. The highest BCUT2D eigenvalue weighted by Crippen LogP contribution is 2.33. The Kier molecular flexibility index (Phi) is 4.43. The van der Waals surface area contributed by atoms with Crippen molar-refractivity contribution in [3.63, 3.8) is 0 Å². The summed E-state index contributed by atoms with van der Waals surface area (Å²) in [6.45, 7) is 0.791. The molecule has 2 heterocycles. The monoisotopic (exact) mass is 350 g/mol. The molecule has 0 aromatic carbocycles. The van der Waals surface area contributed by atoms with E-state index in [1.54, 1.807) is 4.31 Å². The number of hydrogen-bond donors (Lipinski definition) is 0. The van der Waals surface area contributed by atoms with Crippen molar-refractivity contribution in [3.05, 3.63) is 22.4 Å². The quantitative estimate of drug-likeness (QED) is 0.769. The van der Waals surface area contributed by atoms with E-state index in [4.69, 9.17) is 27.9 Å². The van der Waals surface area contributed by atoms with E-state index < -0.39 is 10.0 Å². The van der Waals surface area contributed by atoms with Crippen LogP contribution < -0.4 is 0 Å². The smallest absolute Gasteiger partial charge is 0.245 e. The third-order valence-electron chi connectivity index (χ3n) is 4.06. The molecule has 1 saturated heterocycles. The van der Waals surface area contributed by atoms with Gasteiger partial charge in [0.2, 0.25) is 10.0 Å². The van der Waals surface area contributed by atoms with E-state index in [2.05, 4.69) is 4.98 Å². The Hall–Kier alpha value is -0.400. The first-order valence-corrected chi connectivity index (χ1v) is 9.14. The molecule has 1 aromatic heterocycles. The van der Waals surface area contributed by atoms with Crippen molar-refractivity contribution < 1.29 is 13.2 Å². The second-order valence-electron chi connectivity index (χ2n) is 5.32. The Morgan fingerprint density at radius 1 is 1.29 bits per heavy atom. The maximum Gasteiger partial charge on any atom is 0.245 e. The van der Waals surface area contributed by atoms with Gasteiger partial charge in [0.1, 0.15) is 10.0 Å². The number of pyridine rings is 1. The lowest BCUT2D eigenvalue weighted by atomic mass is 9.91. The minimum atomic E-state index is -3.62. The minimum Gasteiger partial charge on any atom is -0.375 e. The fourth-order valence-corrected chi connectivity index (χ4v) is 5.01. The van der Waals surface area contributed by atoms with Gasteiger partial charge in [0.15, 0.2) is 0 Å². The van der Waals surface area contributed by atoms with Gasteiger partial charge in [-0.2, -0.15) is 4.31 Å². The summed E-state index contributed by atoms with van der Waals surface area (Å²) in [6.07, 6.45) is 5.11. The van der Waals surface area contributed by atoms with Crippen LogP contribution in [0, 0.1) is 0 Å². The van der Waals surface area contributed by atoms with Crippen LogP contribution in [0.25, 0.3) is 0 Å². The zero-order chi connectivity index (χ0) is 15.0. The van der Waals surface area contributed by atoms with Crippen molar-refractivity contribution in [1.82, 2.24) is 9.29 Å². The molecular formula is C13H16Cl2N2O3S. The Labute approximate surface area is 134 Å². The van der Waals surface area contributed by atoms with Gasteiger partial charge in [-0.1, -0.05) is 36.0 Å². The van der Waals surface area contributed by atoms with Crippen LogP contribution in [0.15, 0.2) is 17.2 Å². The molecule has 8 heteroatoms. The normalized spacial score (nSPS) is 27.3. The molecule has 0 bridgehead atoms. The standard InChI is InChI=1S/C13H16Cl2N2O3S/c14-10-7-9(8-16-13(10)15)21(18,19)17-5-6-20-12-4-2-1-3-11(12)17/h7-8,11-12H,1-6H2. The molecule has 2 atom stereocenters. The average molecular weight is 351 g/mol. The van der Waals surface area contributed by atoms with Crippen molar-refractivity contribution >= 4 is 33.2 Å². The van der Waals surface area contributed by atoms with Gasteiger partial charge in [-0.15, -0.1) is 0 Å². The van der Waals surface area contributed by atoms with Gasteiger partial charge in [0, 0.05) is 12.7 Å². The number of aromatic nitrogens is 1. The van der Waals surface area contributed by atoms with Crippen LogP contribution in [0.1, 0.15) is 25.7 Å². The van der Waals surface area contributed by atoms with E-state index in [0.29, 0.717) is 13.2 Å². The summed E-state index contributed by atoms with van der Waals surface area (Å²) in [6, 6.07) is 1.27. The molecule has 3 rings (SSSR count). The maximum absolute atomic E-state index is 12.8. The summed E-state index contributed by atoms with van der Waals surface area (Å²) in [4.78, 5) is 3.93. The third-order valence-corrected chi connectivity index (χ3v) is 6.63. The van der Waals surface area contributed by atoms with Crippen LogP contribution in [0.2, 0.25) is 10.2 Å². The van der Waals surface area contributed by atoms with E-state index in [1.165, 1.54) is 12.3 Å². The minimum absolute atomic E-state index is 0.00185. The number of hydrogen-bond acceptors (Lipinski definition) is 4. The molecule has 2 fully saturated rings. The summed E-state index contributed by atoms with van der Waals surface area (Å²) < 4.78 is 32.9. The van der Waals surface area contributed by atoms with E-state index in [-0.39, 0.29) is 27.2 Å². The molecular weight excluding hydrogens is 335 g/mol. The van der Waals surface area contributed by atoms with Crippen molar-refractivity contribution in [2.24, 2.45) is 0 Å². The first kappa shape index (κ1) is 15.5. The first-order valence-electron chi connectivity index (χ1n) is 6.94. The van der Waals surface area contributed by atoms with Crippen LogP contribution in [0.3, 0.4) is 0 Å². The zero-order valence-corrected chi connectivity index (χ0v) is 13.7. The summed E-state index contributed by atoms with van der Waals surface area (Å²) >= 11 is 11.6. The van der Waals surface area contributed by atoms with Gasteiger partial charge in [-0.25, -0.2) is 13.4 Å². The Bertz CT molecular complexity index is 636. The highest BCUT2D eigenvalue weighted by molar-refractivity contribution is 7.89. The topological polar surface area (TPSA) is 59.5 Å². The van der Waals surface area contributed by atoms with Gasteiger partial charge in [0.25, 0.3) is 0 Å². The highest BCUT2D eigenvalue weighted by atomic mass is 35.5. The van der Waals surface area contributed by atoms with Crippen LogP contribution >= 0.6 is 23.2 Å². The summed E-state index contributed by atoms with van der Waals surface area (Å²) in [5.41, 5.74) is 0. The van der Waals surface area contributed by atoms with Gasteiger partial charge in [-0.05, 0) is 18.9 Å². The van der Waals surface area contributed by atoms with Crippen molar-refractivity contribution in [1.29, 1.82) is 0 Å². The van der Waals surface area contributed by atoms with Gasteiger partial charge in [0.05, 0.1) is 23.8 Å². The molecule has 116 valence electrons. The SMILES string of the molecule is O=S(=O)(c1cnc(Cl)c(Cl)c1)N1CCOC2CCCCC21. The molecule has 1 aliphatic carbocycles. The lowest BCUT2D eigenvalue weighted by molar-refractivity contribution is -0.0586. The highest BCUT2D eigenvalue weighted by Gasteiger charge is 2.41. The van der Waals surface area contributed by atoms with Crippen LogP contribution in [0.4, 0.5) is 0 Å². The molecule has 1 saturated carbocycles. The molecule has 0 spiro atoms. The first-order chi connectivity index (χ1) is 10.00. The number of rotatable bonds is 2. The van der Waals surface area contributed by atoms with E-state index in [1.807, 2.05) is 0 Å². The molecule has 2 aliphatic rings. The Balaban J connectivity index is 1.94. The number of halogens is 2. The van der Waals surface area contributed by atoms with E-state index in [0.717, 1.165) is 25.7 Å². The van der Waals surface area contributed by atoms with Crippen molar-refractivity contribution in [3.8, 4) is 0 Å². The van der Waals surface area contributed by atoms with Crippen LogP contribution in [0.5, 0.6) is 0 Å². The molecule has 5 nitrogen and oxygen atoms in total. The maximum atomic E-state index is 12.8. The Morgan fingerprint density at radius 3 is 2.81 bits per heavy atom. The zero-order valence-electron chi connectivity index (χ0n) is 11.3. The van der Waals surface area contributed by atoms with Crippen LogP contribution in [-0.4, -0.2) is 43.0 Å². The summed E-state index contributed by atoms with van der Waals surface area (Å²) in [7, 11) is -3.62. The number of morpholine rings is 1. The van der Waals surface area contributed by atoms with Crippen molar-refractivity contribution in [2.45, 2.75) is 42.7 Å². The van der Waals surface area contributed by atoms with E-state index in [9.17, 15) is 8.42 Å². The molecule has 1 aromatic rings. The molecule has 0 N–H and O–H groups in total. The van der Waals surface area contributed by atoms with Crippen LogP contribution in [-0.2, 0) is 14.8 Å². The number of ether oxygens (including phenoxy) is 1. The molecule has 2 unspecified atom stereocenters. The fourth-order valence-electron chi connectivity index (χ4n) is 3.04. The lowest BCUT2D eigenvalue weighted by Crippen LogP contribution is -2.54. The largest absolute Gasteiger partial charge is 0.375 e. The predicted molar refractivity (Wildman–Crippen MR) is 80.1 cm³/mol. The number of sulfonamides is 1. The predicted octanol–water partition coefficient (Wildman–Crippen LogP) is 2.72.